The van der Waals surface area contributed by atoms with E-state index in [1.165, 1.54) is 10.4 Å². The molecule has 3 nitrogen and oxygen atoms in total. The van der Waals surface area contributed by atoms with Gasteiger partial charge in [0.1, 0.15) is 5.75 Å². The van der Waals surface area contributed by atoms with Crippen molar-refractivity contribution in [3.63, 3.8) is 0 Å². The first kappa shape index (κ1) is 17.0. The number of rotatable bonds is 6. The Morgan fingerprint density at radius 3 is 2.43 bits per heavy atom. The Bertz CT molecular complexity index is 566. The van der Waals surface area contributed by atoms with Gasteiger partial charge in [-0.1, -0.05) is 12.1 Å². The molecule has 0 amide bonds. The fourth-order valence-electron chi connectivity index (χ4n) is 2.17. The number of thiophene rings is 1. The van der Waals surface area contributed by atoms with E-state index in [9.17, 15) is 0 Å². The van der Waals surface area contributed by atoms with E-state index in [2.05, 4.69) is 62.0 Å². The first-order chi connectivity index (χ1) is 10.0. The summed E-state index contributed by atoms with van der Waals surface area (Å²) in [6.07, 6.45) is 0. The number of methoxy groups -OCH3 is 1. The molecule has 2 rings (SSSR count). The van der Waals surface area contributed by atoms with E-state index in [-0.39, 0.29) is 6.04 Å². The van der Waals surface area contributed by atoms with Crippen molar-refractivity contribution in [1.29, 1.82) is 0 Å². The molecule has 0 aliphatic carbocycles. The maximum Gasteiger partial charge on any atom is 0.118 e. The summed E-state index contributed by atoms with van der Waals surface area (Å²) in [4.78, 5) is 3.53. The third kappa shape index (κ3) is 4.29. The van der Waals surface area contributed by atoms with Gasteiger partial charge in [0.05, 0.1) is 16.9 Å². The van der Waals surface area contributed by atoms with Crippen molar-refractivity contribution in [2.75, 3.05) is 20.7 Å². The van der Waals surface area contributed by atoms with Crippen LogP contribution in [0.2, 0.25) is 0 Å². The zero-order valence-electron chi connectivity index (χ0n) is 12.0. The van der Waals surface area contributed by atoms with Gasteiger partial charge in [0, 0.05) is 22.4 Å². The first-order valence-corrected chi connectivity index (χ1v) is 8.93. The monoisotopic (exact) mass is 432 g/mol. The molecule has 6 heteroatoms. The van der Waals surface area contributed by atoms with Gasteiger partial charge in [-0.15, -0.1) is 11.3 Å². The molecule has 114 valence electrons. The van der Waals surface area contributed by atoms with E-state index < -0.39 is 0 Å². The summed E-state index contributed by atoms with van der Waals surface area (Å²) in [5, 5.41) is 0. The van der Waals surface area contributed by atoms with Gasteiger partial charge in [-0.05, 0) is 62.7 Å². The van der Waals surface area contributed by atoms with Gasteiger partial charge in [0.2, 0.25) is 0 Å². The van der Waals surface area contributed by atoms with Gasteiger partial charge in [-0.2, -0.15) is 0 Å². The predicted molar refractivity (Wildman–Crippen MR) is 96.0 cm³/mol. The highest BCUT2D eigenvalue weighted by molar-refractivity contribution is 9.13. The molecule has 1 atom stereocenters. The number of hydrogen-bond acceptors (Lipinski definition) is 4. The molecule has 0 saturated carbocycles. The van der Waals surface area contributed by atoms with Crippen molar-refractivity contribution in [1.82, 2.24) is 4.90 Å². The molecule has 0 spiro atoms. The van der Waals surface area contributed by atoms with Crippen LogP contribution >= 0.6 is 43.2 Å². The minimum absolute atomic E-state index is 0.208. The first-order valence-electron chi connectivity index (χ1n) is 6.53. The summed E-state index contributed by atoms with van der Waals surface area (Å²) in [5.41, 5.74) is 7.22. The standard InChI is InChI=1S/C15H18Br2N2OS/c1-19(9-10-3-5-11(20-2)6-4-10)13(8-18)14-7-12(16)15(17)21-14/h3-7,13H,8-9,18H2,1-2H3. The molecule has 1 aromatic carbocycles. The number of likely N-dealkylation sites (N-methyl/N-ethyl adjacent to an activating group) is 1. The van der Waals surface area contributed by atoms with Gasteiger partial charge in [0.15, 0.2) is 0 Å². The highest BCUT2D eigenvalue weighted by Gasteiger charge is 2.19. The molecule has 1 heterocycles. The molecule has 0 saturated heterocycles. The third-order valence-corrected chi connectivity index (χ3v) is 6.70. The number of benzene rings is 1. The molecule has 0 aliphatic heterocycles. The predicted octanol–water partition coefficient (Wildman–Crippen LogP) is 4.41. The molecule has 1 aromatic heterocycles. The van der Waals surface area contributed by atoms with E-state index in [4.69, 9.17) is 10.5 Å². The van der Waals surface area contributed by atoms with Gasteiger partial charge < -0.3 is 10.5 Å². The Morgan fingerprint density at radius 2 is 1.95 bits per heavy atom. The lowest BCUT2D eigenvalue weighted by molar-refractivity contribution is 0.245. The van der Waals surface area contributed by atoms with E-state index in [1.54, 1.807) is 18.4 Å². The molecule has 0 bridgehead atoms. The Balaban J connectivity index is 2.10. The average Bonchev–Trinajstić information content (AvgIpc) is 2.80. The highest BCUT2D eigenvalue weighted by atomic mass is 79.9. The fourth-order valence-corrected chi connectivity index (χ4v) is 4.44. The fraction of sp³-hybridized carbons (Fsp3) is 0.333. The van der Waals surface area contributed by atoms with E-state index >= 15 is 0 Å². The number of hydrogen-bond donors (Lipinski definition) is 1. The minimum Gasteiger partial charge on any atom is -0.497 e. The van der Waals surface area contributed by atoms with Crippen LogP contribution in [-0.4, -0.2) is 25.6 Å². The van der Waals surface area contributed by atoms with Crippen LogP contribution < -0.4 is 10.5 Å². The smallest absolute Gasteiger partial charge is 0.118 e. The van der Waals surface area contributed by atoms with Crippen LogP contribution in [0.15, 0.2) is 38.6 Å². The van der Waals surface area contributed by atoms with Crippen molar-refractivity contribution < 1.29 is 4.74 Å². The van der Waals surface area contributed by atoms with Crippen LogP contribution in [0.4, 0.5) is 0 Å². The second-order valence-corrected chi connectivity index (χ2v) is 8.04. The third-order valence-electron chi connectivity index (χ3n) is 3.34. The normalized spacial score (nSPS) is 12.7. The van der Waals surface area contributed by atoms with Gasteiger partial charge in [-0.25, -0.2) is 0 Å². The van der Waals surface area contributed by atoms with Gasteiger partial charge >= 0.3 is 0 Å². The maximum absolute atomic E-state index is 5.98. The lowest BCUT2D eigenvalue weighted by Crippen LogP contribution is -2.29. The zero-order chi connectivity index (χ0) is 15.4. The van der Waals surface area contributed by atoms with E-state index in [0.717, 1.165) is 20.6 Å². The molecule has 1 unspecified atom stereocenters. The lowest BCUT2D eigenvalue weighted by atomic mass is 10.1. The van der Waals surface area contributed by atoms with Crippen LogP contribution in [0.3, 0.4) is 0 Å². The number of halogens is 2. The summed E-state index contributed by atoms with van der Waals surface area (Å²) in [5.74, 6) is 0.878. The largest absolute Gasteiger partial charge is 0.497 e. The van der Waals surface area contributed by atoms with Crippen molar-refractivity contribution in [3.05, 3.63) is 49.0 Å². The second-order valence-electron chi connectivity index (χ2n) is 4.79. The highest BCUT2D eigenvalue weighted by Crippen LogP contribution is 2.37. The maximum atomic E-state index is 5.98. The summed E-state index contributed by atoms with van der Waals surface area (Å²) >= 11 is 8.80. The zero-order valence-corrected chi connectivity index (χ0v) is 16.0. The molecular weight excluding hydrogens is 416 g/mol. The number of ether oxygens (including phenoxy) is 1. The molecule has 21 heavy (non-hydrogen) atoms. The van der Waals surface area contributed by atoms with Crippen LogP contribution in [0.25, 0.3) is 0 Å². The molecule has 2 aromatic rings. The molecule has 0 aliphatic rings. The second kappa shape index (κ2) is 7.74. The van der Waals surface area contributed by atoms with Crippen molar-refractivity contribution >= 4 is 43.2 Å². The summed E-state index contributed by atoms with van der Waals surface area (Å²) in [6.45, 7) is 1.44. The summed E-state index contributed by atoms with van der Waals surface area (Å²) in [6, 6.07) is 10.5. The lowest BCUT2D eigenvalue weighted by Gasteiger charge is -2.26. The Hall–Kier alpha value is -0.400. The van der Waals surface area contributed by atoms with Crippen molar-refractivity contribution in [3.8, 4) is 5.75 Å². The summed E-state index contributed by atoms with van der Waals surface area (Å²) in [7, 11) is 3.78. The molecule has 2 N–H and O–H groups in total. The van der Waals surface area contributed by atoms with Crippen molar-refractivity contribution in [2.45, 2.75) is 12.6 Å². The Kier molecular flexibility index (Phi) is 6.25. The van der Waals surface area contributed by atoms with Crippen LogP contribution in [-0.2, 0) is 6.54 Å². The molecule has 0 fully saturated rings. The number of nitrogens with two attached hydrogens (primary N) is 1. The van der Waals surface area contributed by atoms with E-state index in [1.807, 2.05) is 12.1 Å². The number of nitrogens with zero attached hydrogens (tertiary/aromatic N) is 1. The van der Waals surface area contributed by atoms with Crippen LogP contribution in [0.1, 0.15) is 16.5 Å². The SMILES string of the molecule is COc1ccc(CN(C)C(CN)c2cc(Br)c(Br)s2)cc1. The topological polar surface area (TPSA) is 38.5 Å². The van der Waals surface area contributed by atoms with Crippen LogP contribution in [0.5, 0.6) is 5.75 Å². The quantitative estimate of drug-likeness (QED) is 0.732. The minimum atomic E-state index is 0.208. The van der Waals surface area contributed by atoms with Crippen molar-refractivity contribution in [2.24, 2.45) is 5.73 Å². The van der Waals surface area contributed by atoms with Crippen LogP contribution in [0, 0.1) is 0 Å². The summed E-state index contributed by atoms with van der Waals surface area (Å²) < 4.78 is 7.37. The molecule has 0 radical (unpaired) electrons. The van der Waals surface area contributed by atoms with Gasteiger partial charge in [-0.3, -0.25) is 4.90 Å². The van der Waals surface area contributed by atoms with E-state index in [0.29, 0.717) is 6.54 Å². The molecular formula is C15H18Br2N2OS. The average molecular weight is 434 g/mol. The Morgan fingerprint density at radius 1 is 1.29 bits per heavy atom. The Labute approximate surface area is 146 Å². The van der Waals surface area contributed by atoms with Gasteiger partial charge in [0.25, 0.3) is 0 Å².